The Labute approximate surface area is 142 Å². The van der Waals surface area contributed by atoms with E-state index in [1.807, 2.05) is 42.8 Å². The van der Waals surface area contributed by atoms with Crippen molar-refractivity contribution in [2.24, 2.45) is 0 Å². The van der Waals surface area contributed by atoms with E-state index in [1.165, 1.54) is 0 Å². The molecule has 24 heavy (non-hydrogen) atoms. The minimum atomic E-state index is 0.172. The lowest BCUT2D eigenvalue weighted by Crippen LogP contribution is -2.42. The van der Waals surface area contributed by atoms with Crippen LogP contribution >= 0.6 is 0 Å². The minimum Gasteiger partial charge on any atom is -0.331 e. The summed E-state index contributed by atoms with van der Waals surface area (Å²) in [5, 5.41) is 7.95. The minimum absolute atomic E-state index is 0.172. The smallest absolute Gasteiger partial charge is 0.254 e. The number of aromatic nitrogens is 2. The van der Waals surface area contributed by atoms with Crippen molar-refractivity contribution in [3.05, 3.63) is 47.3 Å². The summed E-state index contributed by atoms with van der Waals surface area (Å²) in [5.74, 6) is 0.172. The molecule has 2 atom stereocenters. The number of fused-ring (bicyclic) bond motifs is 2. The molecule has 1 amide bonds. The van der Waals surface area contributed by atoms with E-state index < -0.39 is 0 Å². The van der Waals surface area contributed by atoms with Crippen LogP contribution in [0.3, 0.4) is 0 Å². The predicted molar refractivity (Wildman–Crippen MR) is 93.5 cm³/mol. The Hall–Kier alpha value is -2.14. The summed E-state index contributed by atoms with van der Waals surface area (Å²) in [6, 6.07) is 10.7. The topological polar surface area (TPSA) is 50.2 Å². The molecule has 1 N–H and O–H groups in total. The normalized spacial score (nSPS) is 23.3. The number of carbonyl (C=O) groups is 1. The van der Waals surface area contributed by atoms with Crippen LogP contribution in [-0.2, 0) is 0 Å². The monoisotopic (exact) mass is 324 g/mol. The molecule has 2 aromatic rings. The van der Waals surface area contributed by atoms with Gasteiger partial charge < -0.3 is 10.2 Å². The Bertz CT molecular complexity index is 735. The summed E-state index contributed by atoms with van der Waals surface area (Å²) in [5.41, 5.74) is 3.88. The zero-order valence-electron chi connectivity index (χ0n) is 14.3. The van der Waals surface area contributed by atoms with Gasteiger partial charge in [0.2, 0.25) is 0 Å². The quantitative estimate of drug-likeness (QED) is 0.923. The van der Waals surface area contributed by atoms with Crippen molar-refractivity contribution < 1.29 is 4.79 Å². The van der Waals surface area contributed by atoms with Gasteiger partial charge in [-0.1, -0.05) is 0 Å². The Kier molecular flexibility index (Phi) is 3.88. The number of hydrogen-bond donors (Lipinski definition) is 1. The molecule has 126 valence electrons. The number of nitrogens with one attached hydrogen (secondary N) is 1. The van der Waals surface area contributed by atoms with Crippen molar-refractivity contribution in [1.29, 1.82) is 0 Å². The van der Waals surface area contributed by atoms with Crippen molar-refractivity contribution in [2.75, 3.05) is 13.1 Å². The van der Waals surface area contributed by atoms with E-state index in [9.17, 15) is 4.79 Å². The third kappa shape index (κ3) is 2.63. The van der Waals surface area contributed by atoms with E-state index in [2.05, 4.69) is 21.4 Å². The molecule has 2 unspecified atom stereocenters. The Balaban J connectivity index is 1.58. The number of rotatable bonds is 2. The molecule has 2 fully saturated rings. The summed E-state index contributed by atoms with van der Waals surface area (Å²) in [6.07, 6.45) is 3.32. The Morgan fingerprint density at radius 2 is 1.88 bits per heavy atom. The summed E-state index contributed by atoms with van der Waals surface area (Å²) in [7, 11) is 0. The predicted octanol–water partition coefficient (Wildman–Crippen LogP) is 2.46. The van der Waals surface area contributed by atoms with E-state index >= 15 is 0 Å². The Morgan fingerprint density at radius 1 is 1.12 bits per heavy atom. The number of amides is 1. The molecule has 2 saturated heterocycles. The molecular weight excluding hydrogens is 300 g/mol. The first-order chi connectivity index (χ1) is 11.6. The van der Waals surface area contributed by atoms with Crippen LogP contribution in [-0.4, -0.2) is 45.8 Å². The molecule has 2 bridgehead atoms. The fourth-order valence-corrected chi connectivity index (χ4v) is 4.10. The molecule has 5 nitrogen and oxygen atoms in total. The molecule has 1 aromatic heterocycles. The van der Waals surface area contributed by atoms with Crippen molar-refractivity contribution in [2.45, 2.75) is 45.2 Å². The number of hydrogen-bond acceptors (Lipinski definition) is 3. The lowest BCUT2D eigenvalue weighted by molar-refractivity contribution is 0.0680. The van der Waals surface area contributed by atoms with Crippen LogP contribution in [0.2, 0.25) is 0 Å². The van der Waals surface area contributed by atoms with Crippen molar-refractivity contribution in [3.63, 3.8) is 0 Å². The maximum atomic E-state index is 13.0. The summed E-state index contributed by atoms with van der Waals surface area (Å²) < 4.78 is 1.92. The number of carbonyl (C=O) groups excluding carboxylic acids is 1. The summed E-state index contributed by atoms with van der Waals surface area (Å²) in [6.45, 7) is 5.97. The SMILES string of the molecule is Cc1cc(C)n(-c2ccc(C(=O)N3C4CCNCC3CC4)cc2)n1. The van der Waals surface area contributed by atoms with Gasteiger partial charge in [0.1, 0.15) is 0 Å². The van der Waals surface area contributed by atoms with E-state index in [4.69, 9.17) is 0 Å². The second-order valence-corrected chi connectivity index (χ2v) is 6.98. The van der Waals surface area contributed by atoms with Gasteiger partial charge in [-0.2, -0.15) is 5.10 Å². The van der Waals surface area contributed by atoms with E-state index in [-0.39, 0.29) is 5.91 Å². The highest BCUT2D eigenvalue weighted by atomic mass is 16.2. The van der Waals surface area contributed by atoms with Gasteiger partial charge in [-0.25, -0.2) is 4.68 Å². The fourth-order valence-electron chi connectivity index (χ4n) is 4.10. The fraction of sp³-hybridized carbons (Fsp3) is 0.474. The van der Waals surface area contributed by atoms with Crippen molar-refractivity contribution in [3.8, 4) is 5.69 Å². The largest absolute Gasteiger partial charge is 0.331 e. The molecular formula is C19H24N4O. The van der Waals surface area contributed by atoms with Crippen LogP contribution < -0.4 is 5.32 Å². The molecule has 2 aliphatic rings. The number of aryl methyl sites for hydroxylation is 2. The highest BCUT2D eigenvalue weighted by Crippen LogP contribution is 2.29. The zero-order valence-corrected chi connectivity index (χ0v) is 14.3. The van der Waals surface area contributed by atoms with Gasteiger partial charge in [0.25, 0.3) is 5.91 Å². The van der Waals surface area contributed by atoms with Gasteiger partial charge in [-0.3, -0.25) is 4.79 Å². The van der Waals surface area contributed by atoms with E-state index in [0.717, 1.165) is 55.0 Å². The highest BCUT2D eigenvalue weighted by Gasteiger charge is 2.38. The summed E-state index contributed by atoms with van der Waals surface area (Å²) >= 11 is 0. The molecule has 0 aliphatic carbocycles. The van der Waals surface area contributed by atoms with E-state index in [0.29, 0.717) is 12.1 Å². The van der Waals surface area contributed by atoms with Gasteiger partial charge in [-0.15, -0.1) is 0 Å². The first-order valence-electron chi connectivity index (χ1n) is 8.80. The van der Waals surface area contributed by atoms with Crippen molar-refractivity contribution >= 4 is 5.91 Å². The first kappa shape index (κ1) is 15.4. The third-order valence-electron chi connectivity index (χ3n) is 5.26. The third-order valence-corrected chi connectivity index (χ3v) is 5.26. The molecule has 5 heteroatoms. The van der Waals surface area contributed by atoms with E-state index in [1.54, 1.807) is 0 Å². The first-order valence-corrected chi connectivity index (χ1v) is 8.80. The molecule has 3 heterocycles. The molecule has 2 aliphatic heterocycles. The van der Waals surface area contributed by atoms with Gasteiger partial charge in [0, 0.05) is 29.9 Å². The molecule has 0 saturated carbocycles. The lowest BCUT2D eigenvalue weighted by Gasteiger charge is -2.28. The van der Waals surface area contributed by atoms with Crippen LogP contribution in [0.4, 0.5) is 0 Å². The average molecular weight is 324 g/mol. The van der Waals surface area contributed by atoms with Gasteiger partial charge >= 0.3 is 0 Å². The molecule has 1 aromatic carbocycles. The maximum absolute atomic E-state index is 13.0. The summed E-state index contributed by atoms with van der Waals surface area (Å²) in [4.78, 5) is 15.1. The van der Waals surface area contributed by atoms with Gasteiger partial charge in [0.15, 0.2) is 0 Å². The van der Waals surface area contributed by atoms with Crippen molar-refractivity contribution in [1.82, 2.24) is 20.0 Å². The Morgan fingerprint density at radius 3 is 2.58 bits per heavy atom. The van der Waals surface area contributed by atoms with Crippen LogP contribution in [0, 0.1) is 13.8 Å². The standard InChI is InChI=1S/C19H24N4O/c1-13-11-14(2)23(21-13)17-5-3-15(4-6-17)19(24)22-16-7-8-18(22)12-20-10-9-16/h3-6,11,16,18,20H,7-10,12H2,1-2H3. The van der Waals surface area contributed by atoms with Crippen LogP contribution in [0.1, 0.15) is 41.0 Å². The number of benzene rings is 1. The molecule has 4 rings (SSSR count). The molecule has 0 spiro atoms. The zero-order chi connectivity index (χ0) is 16.7. The highest BCUT2D eigenvalue weighted by molar-refractivity contribution is 5.95. The average Bonchev–Trinajstić information content (AvgIpc) is 3.04. The van der Waals surface area contributed by atoms with Gasteiger partial charge in [0.05, 0.1) is 11.4 Å². The second kappa shape index (κ2) is 6.06. The maximum Gasteiger partial charge on any atom is 0.254 e. The molecule has 0 radical (unpaired) electrons. The van der Waals surface area contributed by atoms with Gasteiger partial charge in [-0.05, 0) is 70.0 Å². The second-order valence-electron chi connectivity index (χ2n) is 6.98. The van der Waals surface area contributed by atoms with Crippen LogP contribution in [0.25, 0.3) is 5.69 Å². The lowest BCUT2D eigenvalue weighted by atomic mass is 10.1. The number of nitrogens with zero attached hydrogens (tertiary/aromatic N) is 3. The van der Waals surface area contributed by atoms with Crippen LogP contribution in [0.5, 0.6) is 0 Å². The van der Waals surface area contributed by atoms with Crippen LogP contribution in [0.15, 0.2) is 30.3 Å².